The van der Waals surface area contributed by atoms with Gasteiger partial charge in [-0.3, -0.25) is 14.4 Å². The van der Waals surface area contributed by atoms with Crippen LogP contribution in [0, 0.1) is 5.92 Å². The summed E-state index contributed by atoms with van der Waals surface area (Å²) in [7, 11) is 0. The Balaban J connectivity index is 2.88. The van der Waals surface area contributed by atoms with Gasteiger partial charge in [-0.05, 0) is 18.4 Å². The largest absolute Gasteiger partial charge is 0.480 e. The van der Waals surface area contributed by atoms with Gasteiger partial charge in [-0.1, -0.05) is 44.2 Å². The second-order valence-electron chi connectivity index (χ2n) is 7.33. The molecule has 0 aliphatic carbocycles. The van der Waals surface area contributed by atoms with Gasteiger partial charge >= 0.3 is 5.97 Å². The molecule has 0 aliphatic heterocycles. The van der Waals surface area contributed by atoms with Gasteiger partial charge in [0.15, 0.2) is 0 Å². The molecule has 6 N–H and O–H groups in total. The number of carboxylic acid groups (broad SMARTS) is 1. The van der Waals surface area contributed by atoms with Crippen LogP contribution in [0.5, 0.6) is 0 Å². The highest BCUT2D eigenvalue weighted by Gasteiger charge is 2.28. The first kappa shape index (κ1) is 25.4. The monoisotopic (exact) mass is 438 g/mol. The highest BCUT2D eigenvalue weighted by molar-refractivity contribution is 7.80. The van der Waals surface area contributed by atoms with E-state index in [0.717, 1.165) is 5.56 Å². The van der Waals surface area contributed by atoms with Crippen LogP contribution in [-0.2, 0) is 25.6 Å². The van der Waals surface area contributed by atoms with Crippen molar-refractivity contribution in [2.75, 3.05) is 5.75 Å². The first-order chi connectivity index (χ1) is 14.1. The molecule has 1 aromatic rings. The molecule has 166 valence electrons. The molecule has 0 saturated carbocycles. The maximum absolute atomic E-state index is 12.8. The van der Waals surface area contributed by atoms with Gasteiger partial charge in [0.25, 0.3) is 0 Å². The zero-order chi connectivity index (χ0) is 22.8. The van der Waals surface area contributed by atoms with Gasteiger partial charge < -0.3 is 26.8 Å². The van der Waals surface area contributed by atoms with Gasteiger partial charge in [-0.15, -0.1) is 0 Å². The lowest BCUT2D eigenvalue weighted by molar-refractivity contribution is -0.141. The van der Waals surface area contributed by atoms with Crippen LogP contribution in [0.15, 0.2) is 30.3 Å². The van der Waals surface area contributed by atoms with Crippen molar-refractivity contribution in [2.24, 2.45) is 11.7 Å². The standard InChI is InChI=1S/C20H30N4O5S/c1-11(2)16(21)19(27)23-14(9-13-7-5-4-6-8-13)18(26)22-12(3)17(25)24-15(10-30)20(28)29/h4-8,11-12,14-16,30H,9-10,21H2,1-3H3,(H,22,26)(H,23,27)(H,24,25)(H,28,29). The van der Waals surface area contributed by atoms with Gasteiger partial charge in [0.2, 0.25) is 17.7 Å². The average molecular weight is 439 g/mol. The van der Waals surface area contributed by atoms with Crippen molar-refractivity contribution in [3.8, 4) is 0 Å². The minimum absolute atomic E-state index is 0.0957. The molecule has 0 aromatic heterocycles. The van der Waals surface area contributed by atoms with Crippen molar-refractivity contribution in [3.05, 3.63) is 35.9 Å². The summed E-state index contributed by atoms with van der Waals surface area (Å²) in [5, 5.41) is 16.5. The minimum Gasteiger partial charge on any atom is -0.480 e. The minimum atomic E-state index is -1.23. The smallest absolute Gasteiger partial charge is 0.327 e. The third kappa shape index (κ3) is 8.03. The quantitative estimate of drug-likeness (QED) is 0.261. The van der Waals surface area contributed by atoms with Crippen molar-refractivity contribution in [1.82, 2.24) is 16.0 Å². The number of carbonyl (C=O) groups is 4. The molecule has 4 atom stereocenters. The SMILES string of the molecule is CC(NC(=O)C(Cc1ccccc1)NC(=O)C(N)C(C)C)C(=O)NC(CS)C(=O)O. The third-order valence-electron chi connectivity index (χ3n) is 4.49. The number of nitrogens with two attached hydrogens (primary N) is 1. The van der Waals surface area contributed by atoms with Crippen LogP contribution >= 0.6 is 12.6 Å². The molecular weight excluding hydrogens is 408 g/mol. The molecule has 3 amide bonds. The van der Waals surface area contributed by atoms with Gasteiger partial charge in [0, 0.05) is 12.2 Å². The highest BCUT2D eigenvalue weighted by atomic mass is 32.1. The van der Waals surface area contributed by atoms with Crippen molar-refractivity contribution >= 4 is 36.3 Å². The zero-order valence-electron chi connectivity index (χ0n) is 17.3. The zero-order valence-corrected chi connectivity index (χ0v) is 18.2. The maximum Gasteiger partial charge on any atom is 0.327 e. The molecule has 10 heteroatoms. The molecule has 0 radical (unpaired) electrons. The van der Waals surface area contributed by atoms with E-state index in [2.05, 4.69) is 28.6 Å². The summed E-state index contributed by atoms with van der Waals surface area (Å²) in [6.45, 7) is 5.01. The first-order valence-electron chi connectivity index (χ1n) is 9.61. The van der Waals surface area contributed by atoms with Gasteiger partial charge in [-0.25, -0.2) is 4.79 Å². The number of nitrogens with one attached hydrogen (secondary N) is 3. The van der Waals surface area contributed by atoms with Gasteiger partial charge in [0.1, 0.15) is 18.1 Å². The summed E-state index contributed by atoms with van der Waals surface area (Å²) in [5.41, 5.74) is 6.69. The predicted octanol–water partition coefficient (Wildman–Crippen LogP) is -0.299. The topological polar surface area (TPSA) is 151 Å². The van der Waals surface area contributed by atoms with Crippen LogP contribution < -0.4 is 21.7 Å². The fraction of sp³-hybridized carbons (Fsp3) is 0.500. The summed E-state index contributed by atoms with van der Waals surface area (Å²) in [6.07, 6.45) is 0.200. The molecule has 9 nitrogen and oxygen atoms in total. The van der Waals surface area contributed by atoms with Crippen molar-refractivity contribution < 1.29 is 24.3 Å². The molecule has 0 aliphatic rings. The number of hydrogen-bond donors (Lipinski definition) is 6. The molecule has 1 aromatic carbocycles. The predicted molar refractivity (Wildman–Crippen MR) is 116 cm³/mol. The molecule has 4 unspecified atom stereocenters. The molecule has 0 saturated heterocycles. The Labute approximate surface area is 181 Å². The highest BCUT2D eigenvalue weighted by Crippen LogP contribution is 2.06. The third-order valence-corrected chi connectivity index (χ3v) is 4.85. The number of rotatable bonds is 11. The van der Waals surface area contributed by atoms with Gasteiger partial charge in [-0.2, -0.15) is 12.6 Å². The Bertz CT molecular complexity index is 744. The van der Waals surface area contributed by atoms with Crippen LogP contribution in [0.1, 0.15) is 26.3 Å². The van der Waals surface area contributed by atoms with E-state index >= 15 is 0 Å². The Hall–Kier alpha value is -2.59. The van der Waals surface area contributed by atoms with E-state index < -0.39 is 47.9 Å². The molecule has 30 heavy (non-hydrogen) atoms. The van der Waals surface area contributed by atoms with Crippen molar-refractivity contribution in [3.63, 3.8) is 0 Å². The average Bonchev–Trinajstić information content (AvgIpc) is 2.70. The number of benzene rings is 1. The number of amides is 3. The Morgan fingerprint density at radius 2 is 1.50 bits per heavy atom. The number of aliphatic carboxylic acids is 1. The number of hydrogen-bond acceptors (Lipinski definition) is 6. The van der Waals surface area contributed by atoms with Crippen molar-refractivity contribution in [2.45, 2.75) is 51.4 Å². The van der Waals surface area contributed by atoms with E-state index in [0.29, 0.717) is 0 Å². The summed E-state index contributed by atoms with van der Waals surface area (Å²) in [5.74, 6) is -3.17. The van der Waals surface area contributed by atoms with E-state index in [-0.39, 0.29) is 18.1 Å². The summed E-state index contributed by atoms with van der Waals surface area (Å²) in [6, 6.07) is 5.14. The van der Waals surface area contributed by atoms with E-state index in [1.165, 1.54) is 6.92 Å². The Morgan fingerprint density at radius 1 is 0.933 bits per heavy atom. The lowest BCUT2D eigenvalue weighted by Gasteiger charge is -2.24. The molecule has 0 spiro atoms. The van der Waals surface area contributed by atoms with E-state index in [1.807, 2.05) is 30.3 Å². The number of thiol groups is 1. The van der Waals surface area contributed by atoms with Crippen LogP contribution in [0.4, 0.5) is 0 Å². The fourth-order valence-electron chi connectivity index (χ4n) is 2.49. The van der Waals surface area contributed by atoms with Crippen LogP contribution in [0.25, 0.3) is 0 Å². The lowest BCUT2D eigenvalue weighted by atomic mass is 10.0. The van der Waals surface area contributed by atoms with Crippen LogP contribution in [-0.4, -0.2) is 58.7 Å². The maximum atomic E-state index is 12.8. The first-order valence-corrected chi connectivity index (χ1v) is 10.2. The summed E-state index contributed by atoms with van der Waals surface area (Å²) >= 11 is 3.89. The normalized spacial score (nSPS) is 14.9. The molecule has 1 rings (SSSR count). The second-order valence-corrected chi connectivity index (χ2v) is 7.70. The number of carbonyl (C=O) groups excluding carboxylic acids is 3. The van der Waals surface area contributed by atoms with E-state index in [1.54, 1.807) is 13.8 Å². The summed E-state index contributed by atoms with van der Waals surface area (Å²) in [4.78, 5) is 48.5. The molecular formula is C20H30N4O5S. The second kappa shape index (κ2) is 12.2. The molecule has 0 fully saturated rings. The van der Waals surface area contributed by atoms with Crippen LogP contribution in [0.2, 0.25) is 0 Å². The van der Waals surface area contributed by atoms with E-state index in [4.69, 9.17) is 10.8 Å². The number of carboxylic acids is 1. The van der Waals surface area contributed by atoms with Crippen LogP contribution in [0.3, 0.4) is 0 Å². The van der Waals surface area contributed by atoms with E-state index in [9.17, 15) is 19.2 Å². The molecule has 0 heterocycles. The lowest BCUT2D eigenvalue weighted by Crippen LogP contribution is -2.57. The van der Waals surface area contributed by atoms with Crippen molar-refractivity contribution in [1.29, 1.82) is 0 Å². The van der Waals surface area contributed by atoms with Gasteiger partial charge in [0.05, 0.1) is 6.04 Å². The Kier molecular flexibility index (Phi) is 10.3. The summed E-state index contributed by atoms with van der Waals surface area (Å²) < 4.78 is 0. The fourth-order valence-corrected chi connectivity index (χ4v) is 2.74. The Morgan fingerprint density at radius 3 is 2.00 bits per heavy atom. The molecule has 0 bridgehead atoms.